The second-order valence-electron chi connectivity index (χ2n) is 19.7. The van der Waals surface area contributed by atoms with E-state index in [9.17, 15) is 28.9 Å². The first-order valence-corrected chi connectivity index (χ1v) is 31.6. The van der Waals surface area contributed by atoms with Gasteiger partial charge in [0.25, 0.3) is 0 Å². The van der Waals surface area contributed by atoms with Crippen LogP contribution in [0.3, 0.4) is 0 Å². The molecule has 0 aromatic rings. The molecule has 0 aliphatic rings. The third-order valence-electron chi connectivity index (χ3n) is 12.5. The zero-order valence-electron chi connectivity index (χ0n) is 48.2. The predicted molar refractivity (Wildman–Crippen MR) is 316 cm³/mol. The monoisotopic (exact) mass is 1080 g/mol. The molecule has 0 bridgehead atoms. The fourth-order valence-corrected chi connectivity index (χ4v) is 8.73. The Hall–Kier alpha value is -3.60. The molecule has 2 N–H and O–H groups in total. The largest absolute Gasteiger partial charge is 0.472 e. The molecule has 0 saturated carbocycles. The summed E-state index contributed by atoms with van der Waals surface area (Å²) in [5.74, 6) is -1.52. The highest BCUT2D eigenvalue weighted by molar-refractivity contribution is 7.47. The van der Waals surface area contributed by atoms with Crippen molar-refractivity contribution in [2.75, 3.05) is 26.4 Å². The Morgan fingerprint density at radius 3 is 1.08 bits per heavy atom. The van der Waals surface area contributed by atoms with E-state index in [0.717, 1.165) is 128 Å². The summed E-state index contributed by atoms with van der Waals surface area (Å²) in [5.41, 5.74) is 0. The summed E-state index contributed by atoms with van der Waals surface area (Å²) in [6.07, 6.45) is 67.9. The number of ether oxygens (including phenoxy) is 3. The molecule has 12 heteroatoms. The highest BCUT2D eigenvalue weighted by Gasteiger charge is 2.28. The van der Waals surface area contributed by atoms with E-state index < -0.39 is 57.8 Å². The second-order valence-corrected chi connectivity index (χ2v) is 21.2. The number of hydrogen-bond acceptors (Lipinski definition) is 10. The van der Waals surface area contributed by atoms with Crippen molar-refractivity contribution in [1.29, 1.82) is 0 Å². The van der Waals surface area contributed by atoms with E-state index in [0.29, 0.717) is 19.3 Å². The van der Waals surface area contributed by atoms with Gasteiger partial charge in [-0.05, 0) is 116 Å². The zero-order chi connectivity index (χ0) is 55.5. The van der Waals surface area contributed by atoms with Gasteiger partial charge in [0, 0.05) is 19.3 Å². The third kappa shape index (κ3) is 55.2. The average molecular weight is 1090 g/mol. The number of hydrogen-bond donors (Lipinski definition) is 2. The average Bonchev–Trinajstić information content (AvgIpc) is 3.41. The number of aliphatic hydroxyl groups excluding tert-OH is 1. The summed E-state index contributed by atoms with van der Waals surface area (Å²) < 4.78 is 39.5. The highest BCUT2D eigenvalue weighted by Crippen LogP contribution is 2.43. The van der Waals surface area contributed by atoms with Gasteiger partial charge in [-0.1, -0.05) is 214 Å². The normalized spacial score (nSPS) is 14.0. The molecule has 3 atom stereocenters. The Morgan fingerprint density at radius 2 is 0.684 bits per heavy atom. The first-order valence-electron chi connectivity index (χ1n) is 30.1. The third-order valence-corrected chi connectivity index (χ3v) is 13.4. The second kappa shape index (κ2) is 57.6. The van der Waals surface area contributed by atoms with Gasteiger partial charge in [0.2, 0.25) is 0 Å². The first-order chi connectivity index (χ1) is 37.2. The minimum absolute atomic E-state index is 0.141. The molecule has 436 valence electrons. The Labute approximate surface area is 463 Å². The van der Waals surface area contributed by atoms with Crippen molar-refractivity contribution in [3.63, 3.8) is 0 Å². The van der Waals surface area contributed by atoms with Gasteiger partial charge in [-0.25, -0.2) is 4.57 Å². The van der Waals surface area contributed by atoms with Crippen LogP contribution in [-0.4, -0.2) is 66.5 Å². The quantitative estimate of drug-likeness (QED) is 0.0197. The molecule has 0 radical (unpaired) electrons. The molecular weight excluding hydrogens is 976 g/mol. The number of rotatable bonds is 55. The van der Waals surface area contributed by atoms with Crippen LogP contribution in [0, 0.1) is 0 Å². The van der Waals surface area contributed by atoms with Crippen LogP contribution in [0.4, 0.5) is 0 Å². The van der Waals surface area contributed by atoms with Crippen LogP contribution in [0.15, 0.2) is 97.2 Å². The standard InChI is InChI=1S/C64H109O11P/c1-4-7-10-13-16-19-22-25-27-29-30-32-34-37-40-43-46-49-52-55-64(68)75-61(57-71-62(66)53-50-47-44-41-38-35-24-21-18-15-12-9-6-3)59-73-76(69,70)72-58-60(56-65)74-63(67)54-51-48-45-42-39-36-33-31-28-26-23-20-17-14-11-8-5-2/h7,9-10,12,16,18-19,21,25-28,30,32,35,38,60-61,65H,4-6,8,11,13-15,17,20,22-24,29,31,33-34,36-37,39-59H2,1-3H3,(H,69,70)/b10-7-,12-9-,19-16-,21-18-,27-25-,28-26-,32-30-,38-35-. The molecule has 0 amide bonds. The fourth-order valence-electron chi connectivity index (χ4n) is 7.94. The van der Waals surface area contributed by atoms with Gasteiger partial charge >= 0.3 is 25.7 Å². The van der Waals surface area contributed by atoms with E-state index in [1.807, 2.05) is 0 Å². The molecule has 11 nitrogen and oxygen atoms in total. The number of unbranched alkanes of at least 4 members (excludes halogenated alkanes) is 22. The predicted octanol–water partition coefficient (Wildman–Crippen LogP) is 18.0. The summed E-state index contributed by atoms with van der Waals surface area (Å²) in [4.78, 5) is 48.6. The maximum absolute atomic E-state index is 12.9. The zero-order valence-corrected chi connectivity index (χ0v) is 49.1. The first kappa shape index (κ1) is 72.4. The van der Waals surface area contributed by atoms with Crippen molar-refractivity contribution in [3.05, 3.63) is 97.2 Å². The lowest BCUT2D eigenvalue weighted by molar-refractivity contribution is -0.161. The maximum Gasteiger partial charge on any atom is 0.472 e. The molecule has 76 heavy (non-hydrogen) atoms. The minimum atomic E-state index is -4.77. The highest BCUT2D eigenvalue weighted by atomic mass is 31.2. The van der Waals surface area contributed by atoms with E-state index in [4.69, 9.17) is 23.3 Å². The fraction of sp³-hybridized carbons (Fsp3) is 0.703. The lowest BCUT2D eigenvalue weighted by atomic mass is 10.1. The van der Waals surface area contributed by atoms with Gasteiger partial charge in [-0.2, -0.15) is 0 Å². The number of phosphoric ester groups is 1. The molecule has 0 fully saturated rings. The number of carbonyl (C=O) groups excluding carboxylic acids is 3. The Kier molecular flexibility index (Phi) is 54.8. The number of aliphatic hydroxyl groups is 1. The van der Waals surface area contributed by atoms with Crippen molar-refractivity contribution in [2.45, 2.75) is 264 Å². The number of allylic oxidation sites excluding steroid dienone is 16. The van der Waals surface area contributed by atoms with Crippen LogP contribution in [0.2, 0.25) is 0 Å². The van der Waals surface area contributed by atoms with Crippen LogP contribution in [-0.2, 0) is 42.2 Å². The summed E-state index contributed by atoms with van der Waals surface area (Å²) in [5, 5.41) is 9.83. The van der Waals surface area contributed by atoms with Gasteiger partial charge in [-0.15, -0.1) is 0 Å². The van der Waals surface area contributed by atoms with Crippen molar-refractivity contribution >= 4 is 25.7 Å². The summed E-state index contributed by atoms with van der Waals surface area (Å²) in [7, 11) is -4.77. The SMILES string of the molecule is CC/C=C\C/C=C\C/C=C\C/C=C\CCCCCCCCC(=O)OC(COC(=O)CCCCC/C=C\C/C=C\C/C=C\CC)COP(=O)(O)OCC(CO)OC(=O)CCCCCCCCC/C=C\CCCCCCCC. The lowest BCUT2D eigenvalue weighted by Crippen LogP contribution is -2.30. The molecule has 0 aliphatic carbocycles. The summed E-state index contributed by atoms with van der Waals surface area (Å²) in [6.45, 7) is 4.37. The molecule has 0 saturated heterocycles. The van der Waals surface area contributed by atoms with Crippen molar-refractivity contribution < 1.29 is 52.2 Å². The molecule has 0 spiro atoms. The van der Waals surface area contributed by atoms with E-state index >= 15 is 0 Å². The van der Waals surface area contributed by atoms with Gasteiger partial charge in [0.1, 0.15) is 12.7 Å². The van der Waals surface area contributed by atoms with Gasteiger partial charge in [0.05, 0.1) is 19.8 Å². The van der Waals surface area contributed by atoms with Crippen molar-refractivity contribution in [2.24, 2.45) is 0 Å². The van der Waals surface area contributed by atoms with E-state index in [-0.39, 0.29) is 25.9 Å². The molecule has 0 aromatic heterocycles. The topological polar surface area (TPSA) is 155 Å². The van der Waals surface area contributed by atoms with Crippen molar-refractivity contribution in [1.82, 2.24) is 0 Å². The lowest BCUT2D eigenvalue weighted by Gasteiger charge is -2.21. The van der Waals surface area contributed by atoms with Crippen LogP contribution in [0.25, 0.3) is 0 Å². The molecule has 3 unspecified atom stereocenters. The molecular formula is C64H109O11P. The number of esters is 3. The summed E-state index contributed by atoms with van der Waals surface area (Å²) in [6, 6.07) is 0. The van der Waals surface area contributed by atoms with Crippen molar-refractivity contribution in [3.8, 4) is 0 Å². The minimum Gasteiger partial charge on any atom is -0.462 e. The molecule has 0 heterocycles. The Morgan fingerprint density at radius 1 is 0.382 bits per heavy atom. The number of phosphoric acid groups is 1. The van der Waals surface area contributed by atoms with Crippen LogP contribution >= 0.6 is 7.82 Å². The molecule has 0 aliphatic heterocycles. The van der Waals surface area contributed by atoms with Gasteiger partial charge in [-0.3, -0.25) is 23.4 Å². The van der Waals surface area contributed by atoms with Gasteiger partial charge in [0.15, 0.2) is 6.10 Å². The van der Waals surface area contributed by atoms with E-state index in [1.54, 1.807) is 0 Å². The van der Waals surface area contributed by atoms with Crippen LogP contribution < -0.4 is 0 Å². The Balaban J connectivity index is 4.74. The summed E-state index contributed by atoms with van der Waals surface area (Å²) >= 11 is 0. The number of carbonyl (C=O) groups is 3. The molecule has 0 aromatic carbocycles. The van der Waals surface area contributed by atoms with Crippen LogP contribution in [0.1, 0.15) is 252 Å². The smallest absolute Gasteiger partial charge is 0.462 e. The van der Waals surface area contributed by atoms with E-state index in [2.05, 4.69) is 118 Å². The van der Waals surface area contributed by atoms with E-state index in [1.165, 1.54) is 64.2 Å². The van der Waals surface area contributed by atoms with Crippen LogP contribution in [0.5, 0.6) is 0 Å². The maximum atomic E-state index is 12.9. The van der Waals surface area contributed by atoms with Gasteiger partial charge < -0.3 is 24.2 Å². The molecule has 0 rings (SSSR count). The Bertz CT molecular complexity index is 1640.